The lowest BCUT2D eigenvalue weighted by Gasteiger charge is -2.48. The maximum atomic E-state index is 14.2. The first-order chi connectivity index (χ1) is 38.6. The van der Waals surface area contributed by atoms with Gasteiger partial charge in [-0.15, -0.1) is 0 Å². The number of carboxylic acid groups (broad SMARTS) is 1. The quantitative estimate of drug-likeness (QED) is 0.0346. The summed E-state index contributed by atoms with van der Waals surface area (Å²) in [5.74, 6) is -10.2. The van der Waals surface area contributed by atoms with Crippen molar-refractivity contribution in [3.63, 3.8) is 0 Å². The standard InChI is InChI=1S/C52H90N10O21/c1-19(2)32(46(74)56-25(11)50(78)79)59-48(76)34(21(5)6)60-47(75)33(20(3)4)58-43(71)24(10)54-42(70)23(9)55-44(72)28-15-14-16-62(28)49(77)35(22(7)8)61-45(73)31(53)26(12)80-51-36(57-27(13)65)41(38(67)30(18-64)81-51)83-52-40(69)39(68)37(66)29(17-63)82-52/h19-26,28-41,51-52,63-64,66-69H,14-18,53H2,1-13H3,(H,54,70)(H,55,72)(H,56,74)(H,57,65)(H,58,71)(H,59,76)(H,60,75)(H,61,73)(H,78,79)/t23-,24-,25-,26+,28-,29+,30+,31-,32-,33-,34+,35-,36+,37-,38-,39-,40+,41+,51-,52-/m0/s1. The van der Waals surface area contributed by atoms with Gasteiger partial charge < -0.3 is 108 Å². The fourth-order valence-corrected chi connectivity index (χ4v) is 9.34. The molecular weight excluding hydrogens is 1100 g/mol. The van der Waals surface area contributed by atoms with Crippen molar-refractivity contribution in [3.05, 3.63) is 0 Å². The summed E-state index contributed by atoms with van der Waals surface area (Å²) in [7, 11) is 0. The van der Waals surface area contributed by atoms with E-state index in [1.165, 1.54) is 32.6 Å². The summed E-state index contributed by atoms with van der Waals surface area (Å²) in [5, 5.41) is 91.9. The topological polar surface area (TPSA) is 475 Å². The second-order valence-electron chi connectivity index (χ2n) is 22.7. The van der Waals surface area contributed by atoms with Gasteiger partial charge in [0.15, 0.2) is 12.6 Å². The lowest BCUT2D eigenvalue weighted by molar-refractivity contribution is -0.347. The van der Waals surface area contributed by atoms with Gasteiger partial charge in [0, 0.05) is 13.5 Å². The highest BCUT2D eigenvalue weighted by Crippen LogP contribution is 2.31. The van der Waals surface area contributed by atoms with Gasteiger partial charge >= 0.3 is 5.97 Å². The number of carbonyl (C=O) groups excluding carboxylic acids is 9. The number of nitrogens with zero attached hydrogens (tertiary/aromatic N) is 1. The Balaban J connectivity index is 1.66. The number of carboxylic acids is 1. The maximum absolute atomic E-state index is 14.2. The molecule has 83 heavy (non-hydrogen) atoms. The van der Waals surface area contributed by atoms with Crippen molar-refractivity contribution in [2.45, 2.75) is 225 Å². The average molecular weight is 1190 g/mol. The van der Waals surface area contributed by atoms with Crippen LogP contribution in [0.2, 0.25) is 0 Å². The first kappa shape index (κ1) is 71.5. The highest BCUT2D eigenvalue weighted by Gasteiger charge is 2.52. The third kappa shape index (κ3) is 19.1. The molecule has 3 aliphatic rings. The second-order valence-corrected chi connectivity index (χ2v) is 22.7. The number of amides is 9. The number of aliphatic hydroxyl groups excluding tert-OH is 6. The molecule has 0 aliphatic carbocycles. The van der Waals surface area contributed by atoms with Gasteiger partial charge in [-0.2, -0.15) is 0 Å². The number of nitrogens with two attached hydrogens (primary N) is 1. The van der Waals surface area contributed by atoms with Crippen molar-refractivity contribution in [1.29, 1.82) is 0 Å². The van der Waals surface area contributed by atoms with Crippen molar-refractivity contribution < 1.29 is 103 Å². The first-order valence-corrected chi connectivity index (χ1v) is 27.8. The molecule has 0 aromatic heterocycles. The molecule has 9 amide bonds. The Morgan fingerprint density at radius 3 is 1.47 bits per heavy atom. The Labute approximate surface area is 481 Å². The number of aliphatic carboxylic acids is 1. The van der Waals surface area contributed by atoms with Crippen LogP contribution in [0.4, 0.5) is 0 Å². The van der Waals surface area contributed by atoms with Crippen molar-refractivity contribution in [1.82, 2.24) is 47.4 Å². The summed E-state index contributed by atoms with van der Waals surface area (Å²) in [6.45, 7) is 17.9. The molecule has 3 saturated heterocycles. The number of ether oxygens (including phenoxy) is 4. The molecule has 0 radical (unpaired) electrons. The molecule has 31 heteroatoms. The minimum absolute atomic E-state index is 0.0872. The summed E-state index contributed by atoms with van der Waals surface area (Å²) < 4.78 is 23.1. The SMILES string of the molecule is CC(=O)N[C@H]1[C@@H](O[C@H](C)[C@H](N)C(=O)N[C@H](C(=O)N2CCC[C@H]2C(=O)N[C@@H](C)C(=O)N[C@@H](C)C(=O)N[C@H](C(=O)N[C@@H](C(=O)N[C@H](C(=O)N[C@@H](C)C(=O)O)C(C)C)C(C)C)C(C)C)C(C)C)O[C@H](CO)[C@H](O)[C@@H]1O[C@@H]1O[C@H](CO)[C@H](O)[C@H](O)[C@H]1O. The van der Waals surface area contributed by atoms with E-state index in [2.05, 4.69) is 42.5 Å². The zero-order valence-corrected chi connectivity index (χ0v) is 49.3. The molecule has 3 fully saturated rings. The van der Waals surface area contributed by atoms with Crippen LogP contribution in [0.1, 0.15) is 103 Å². The predicted octanol–water partition coefficient (Wildman–Crippen LogP) is -6.36. The van der Waals surface area contributed by atoms with E-state index in [9.17, 15) is 83.7 Å². The molecule has 0 bridgehead atoms. The van der Waals surface area contributed by atoms with Crippen molar-refractivity contribution >= 4 is 59.1 Å². The monoisotopic (exact) mass is 1190 g/mol. The van der Waals surface area contributed by atoms with Gasteiger partial charge in [0.05, 0.1) is 19.3 Å². The van der Waals surface area contributed by atoms with Gasteiger partial charge in [0.2, 0.25) is 53.2 Å². The van der Waals surface area contributed by atoms with E-state index < -0.39 is 218 Å². The maximum Gasteiger partial charge on any atom is 0.325 e. The number of aliphatic hydroxyl groups is 6. The zero-order chi connectivity index (χ0) is 63.2. The van der Waals surface area contributed by atoms with E-state index >= 15 is 0 Å². The Hall–Kier alpha value is -5.74. The molecule has 474 valence electrons. The number of carbonyl (C=O) groups is 10. The summed E-state index contributed by atoms with van der Waals surface area (Å²) in [6, 6.07) is -12.8. The van der Waals surface area contributed by atoms with E-state index in [4.69, 9.17) is 24.7 Å². The normalized spacial score (nSPS) is 27.9. The highest BCUT2D eigenvalue weighted by atomic mass is 16.7. The van der Waals surface area contributed by atoms with Gasteiger partial charge in [0.1, 0.15) is 103 Å². The van der Waals surface area contributed by atoms with Crippen LogP contribution in [0.15, 0.2) is 0 Å². The fraction of sp³-hybridized carbons (Fsp3) is 0.808. The minimum atomic E-state index is -1.93. The van der Waals surface area contributed by atoms with Gasteiger partial charge in [-0.25, -0.2) is 0 Å². The molecule has 0 aromatic rings. The summed E-state index contributed by atoms with van der Waals surface area (Å²) in [4.78, 5) is 134. The Morgan fingerprint density at radius 2 is 0.988 bits per heavy atom. The third-order valence-electron chi connectivity index (χ3n) is 14.6. The number of hydrogen-bond donors (Lipinski definition) is 16. The lowest BCUT2D eigenvalue weighted by atomic mass is 9.95. The molecule has 0 spiro atoms. The Kier molecular flexibility index (Phi) is 27.5. The Bertz CT molecular complexity index is 2260. The van der Waals surface area contributed by atoms with Crippen LogP contribution in [0.5, 0.6) is 0 Å². The van der Waals surface area contributed by atoms with Crippen LogP contribution in [0.25, 0.3) is 0 Å². The van der Waals surface area contributed by atoms with Crippen molar-refractivity contribution in [3.8, 4) is 0 Å². The second kappa shape index (κ2) is 32.0. The molecule has 3 rings (SSSR count). The van der Waals surface area contributed by atoms with Gasteiger partial charge in [-0.3, -0.25) is 47.9 Å². The summed E-state index contributed by atoms with van der Waals surface area (Å²) in [6.07, 6.45) is -16.1. The summed E-state index contributed by atoms with van der Waals surface area (Å²) >= 11 is 0. The molecule has 0 saturated carbocycles. The number of nitrogens with one attached hydrogen (secondary N) is 8. The molecular formula is C52H90N10O21. The molecule has 0 unspecified atom stereocenters. The van der Waals surface area contributed by atoms with Gasteiger partial charge in [-0.1, -0.05) is 55.4 Å². The minimum Gasteiger partial charge on any atom is -0.480 e. The largest absolute Gasteiger partial charge is 0.480 e. The zero-order valence-electron chi connectivity index (χ0n) is 49.3. The van der Waals surface area contributed by atoms with Crippen LogP contribution >= 0.6 is 0 Å². The molecule has 0 aromatic carbocycles. The van der Waals surface area contributed by atoms with E-state index in [1.807, 2.05) is 0 Å². The van der Waals surface area contributed by atoms with Crippen LogP contribution in [-0.2, 0) is 66.9 Å². The lowest BCUT2D eigenvalue weighted by Crippen LogP contribution is -2.68. The van der Waals surface area contributed by atoms with Crippen LogP contribution in [-0.4, -0.2) is 241 Å². The molecule has 3 heterocycles. The fourth-order valence-electron chi connectivity index (χ4n) is 9.34. The van der Waals surface area contributed by atoms with Crippen LogP contribution < -0.4 is 48.3 Å². The third-order valence-corrected chi connectivity index (χ3v) is 14.6. The Morgan fingerprint density at radius 1 is 0.554 bits per heavy atom. The number of hydrogen-bond acceptors (Lipinski definition) is 21. The van der Waals surface area contributed by atoms with E-state index in [0.29, 0.717) is 6.42 Å². The first-order valence-electron chi connectivity index (χ1n) is 27.8. The summed E-state index contributed by atoms with van der Waals surface area (Å²) in [5.41, 5.74) is 6.38. The highest BCUT2D eigenvalue weighted by molar-refractivity contribution is 5.98. The average Bonchev–Trinajstić information content (AvgIpc) is 3.79. The molecule has 3 aliphatic heterocycles. The van der Waals surface area contributed by atoms with Gasteiger partial charge in [0.25, 0.3) is 0 Å². The molecule has 17 N–H and O–H groups in total. The smallest absolute Gasteiger partial charge is 0.325 e. The van der Waals surface area contributed by atoms with E-state index in [-0.39, 0.29) is 13.0 Å². The predicted molar refractivity (Wildman–Crippen MR) is 289 cm³/mol. The number of rotatable bonds is 28. The van der Waals surface area contributed by atoms with E-state index in [0.717, 1.165) is 6.92 Å². The van der Waals surface area contributed by atoms with Crippen molar-refractivity contribution in [2.75, 3.05) is 19.8 Å². The van der Waals surface area contributed by atoms with Gasteiger partial charge in [-0.05, 0) is 64.2 Å². The van der Waals surface area contributed by atoms with Crippen LogP contribution in [0, 0.1) is 23.7 Å². The molecule has 31 nitrogen and oxygen atoms in total. The van der Waals surface area contributed by atoms with Crippen LogP contribution in [0.3, 0.4) is 0 Å². The number of likely N-dealkylation sites (tertiary alicyclic amines) is 1. The van der Waals surface area contributed by atoms with E-state index in [1.54, 1.807) is 55.4 Å². The van der Waals surface area contributed by atoms with Crippen molar-refractivity contribution in [2.24, 2.45) is 29.4 Å². The molecule has 20 atom stereocenters.